The van der Waals surface area contributed by atoms with Gasteiger partial charge in [-0.2, -0.15) is 9.97 Å². The standard InChI is InChI=1S/C14H23N7/c1-3-6-21-7-4-10(5-8-21)18-13-11-12(17-9-16-11)19-14(15-2)20-13/h9-10H,3-8H2,1-2H3,(H3,15,16,17,18,19,20). The summed E-state index contributed by atoms with van der Waals surface area (Å²) in [6.07, 6.45) is 5.18. The highest BCUT2D eigenvalue weighted by Gasteiger charge is 2.20. The summed E-state index contributed by atoms with van der Waals surface area (Å²) in [4.78, 5) is 18.7. The second kappa shape index (κ2) is 6.26. The maximum atomic E-state index is 4.52. The van der Waals surface area contributed by atoms with Crippen LogP contribution >= 0.6 is 0 Å². The summed E-state index contributed by atoms with van der Waals surface area (Å²) in [6.45, 7) is 5.75. The van der Waals surface area contributed by atoms with Crippen LogP contribution in [0.2, 0.25) is 0 Å². The average molecular weight is 289 g/mol. The molecule has 0 aromatic carbocycles. The van der Waals surface area contributed by atoms with E-state index in [2.05, 4.69) is 42.4 Å². The van der Waals surface area contributed by atoms with Crippen LogP contribution in [0.5, 0.6) is 0 Å². The Morgan fingerprint density at radius 1 is 1.33 bits per heavy atom. The average Bonchev–Trinajstić information content (AvgIpc) is 2.98. The highest BCUT2D eigenvalue weighted by molar-refractivity contribution is 5.83. The molecule has 0 saturated carbocycles. The van der Waals surface area contributed by atoms with E-state index in [9.17, 15) is 0 Å². The highest BCUT2D eigenvalue weighted by atomic mass is 15.2. The molecule has 1 aliphatic rings. The van der Waals surface area contributed by atoms with Gasteiger partial charge in [-0.1, -0.05) is 6.92 Å². The fraction of sp³-hybridized carbons (Fsp3) is 0.643. The Morgan fingerprint density at radius 3 is 2.86 bits per heavy atom. The molecule has 3 heterocycles. The minimum atomic E-state index is 0.462. The van der Waals surface area contributed by atoms with E-state index in [1.54, 1.807) is 6.33 Å². The highest BCUT2D eigenvalue weighted by Crippen LogP contribution is 2.22. The van der Waals surface area contributed by atoms with Crippen LogP contribution in [0.1, 0.15) is 26.2 Å². The van der Waals surface area contributed by atoms with E-state index in [0.717, 1.165) is 37.3 Å². The molecule has 3 rings (SSSR count). The second-order valence-corrected chi connectivity index (χ2v) is 5.51. The summed E-state index contributed by atoms with van der Waals surface area (Å²) >= 11 is 0. The summed E-state index contributed by atoms with van der Waals surface area (Å²) < 4.78 is 0. The molecule has 0 spiro atoms. The van der Waals surface area contributed by atoms with Crippen LogP contribution in [0.25, 0.3) is 11.2 Å². The lowest BCUT2D eigenvalue weighted by Crippen LogP contribution is -2.39. The first-order valence-corrected chi connectivity index (χ1v) is 7.68. The van der Waals surface area contributed by atoms with E-state index in [1.165, 1.54) is 13.0 Å². The zero-order chi connectivity index (χ0) is 14.7. The molecular weight excluding hydrogens is 266 g/mol. The first kappa shape index (κ1) is 14.1. The lowest BCUT2D eigenvalue weighted by Gasteiger charge is -2.32. The number of anilines is 2. The minimum absolute atomic E-state index is 0.462. The molecular formula is C14H23N7. The molecule has 3 N–H and O–H groups in total. The van der Waals surface area contributed by atoms with E-state index >= 15 is 0 Å². The Hall–Kier alpha value is -1.89. The number of H-pyrrole nitrogens is 1. The number of aromatic amines is 1. The van der Waals surface area contributed by atoms with Crippen LogP contribution in [0.4, 0.5) is 11.8 Å². The van der Waals surface area contributed by atoms with E-state index in [-0.39, 0.29) is 0 Å². The summed E-state index contributed by atoms with van der Waals surface area (Å²) in [5.41, 5.74) is 1.57. The molecule has 1 aliphatic heterocycles. The van der Waals surface area contributed by atoms with E-state index in [1.807, 2.05) is 7.05 Å². The molecule has 0 aliphatic carbocycles. The number of piperidine rings is 1. The molecule has 1 saturated heterocycles. The number of likely N-dealkylation sites (tertiary alicyclic amines) is 1. The maximum Gasteiger partial charge on any atom is 0.226 e. The Labute approximate surface area is 124 Å². The molecule has 0 atom stereocenters. The molecule has 2 aromatic heterocycles. The van der Waals surface area contributed by atoms with E-state index < -0.39 is 0 Å². The van der Waals surface area contributed by atoms with Crippen molar-refractivity contribution in [3.63, 3.8) is 0 Å². The lowest BCUT2D eigenvalue weighted by atomic mass is 10.0. The zero-order valence-electron chi connectivity index (χ0n) is 12.7. The molecule has 7 nitrogen and oxygen atoms in total. The van der Waals surface area contributed by atoms with Crippen molar-refractivity contribution < 1.29 is 0 Å². The van der Waals surface area contributed by atoms with Gasteiger partial charge in [0.2, 0.25) is 5.95 Å². The van der Waals surface area contributed by atoms with Crippen LogP contribution < -0.4 is 10.6 Å². The first-order valence-electron chi connectivity index (χ1n) is 7.68. The summed E-state index contributed by atoms with van der Waals surface area (Å²) in [5.74, 6) is 1.44. The third-order valence-electron chi connectivity index (χ3n) is 3.98. The molecule has 114 valence electrons. The van der Waals surface area contributed by atoms with E-state index in [0.29, 0.717) is 17.6 Å². The zero-order valence-corrected chi connectivity index (χ0v) is 12.7. The van der Waals surface area contributed by atoms with Crippen LogP contribution in [0.3, 0.4) is 0 Å². The van der Waals surface area contributed by atoms with Crippen LogP contribution in [-0.4, -0.2) is 57.6 Å². The largest absolute Gasteiger partial charge is 0.365 e. The predicted octanol–water partition coefficient (Wildman–Crippen LogP) is 1.68. The summed E-state index contributed by atoms with van der Waals surface area (Å²) in [7, 11) is 1.82. The van der Waals surface area contributed by atoms with Crippen molar-refractivity contribution in [3.05, 3.63) is 6.33 Å². The molecule has 2 aromatic rings. The quantitative estimate of drug-likeness (QED) is 0.777. The Bertz CT molecular complexity index is 586. The number of fused-ring (bicyclic) bond motifs is 1. The topological polar surface area (TPSA) is 81.8 Å². The molecule has 0 bridgehead atoms. The number of rotatable bonds is 5. The van der Waals surface area contributed by atoms with Crippen molar-refractivity contribution in [1.29, 1.82) is 0 Å². The fourth-order valence-electron chi connectivity index (χ4n) is 2.86. The van der Waals surface area contributed by atoms with Crippen molar-refractivity contribution >= 4 is 22.9 Å². The van der Waals surface area contributed by atoms with Gasteiger partial charge in [-0.3, -0.25) is 0 Å². The van der Waals surface area contributed by atoms with Gasteiger partial charge in [-0.05, 0) is 25.8 Å². The fourth-order valence-corrected chi connectivity index (χ4v) is 2.86. The summed E-state index contributed by atoms with van der Waals surface area (Å²) in [5, 5.41) is 6.54. The number of hydrogen-bond acceptors (Lipinski definition) is 6. The number of nitrogens with one attached hydrogen (secondary N) is 3. The van der Waals surface area contributed by atoms with Crippen LogP contribution in [0, 0.1) is 0 Å². The molecule has 0 unspecified atom stereocenters. The minimum Gasteiger partial charge on any atom is -0.365 e. The third kappa shape index (κ3) is 3.07. The predicted molar refractivity (Wildman–Crippen MR) is 84.6 cm³/mol. The van der Waals surface area contributed by atoms with Crippen molar-refractivity contribution in [3.8, 4) is 0 Å². The van der Waals surface area contributed by atoms with Gasteiger partial charge in [0.05, 0.1) is 6.33 Å². The SMILES string of the molecule is CCCN1CCC(Nc2nc(NC)nc3nc[nH]c23)CC1. The summed E-state index contributed by atoms with van der Waals surface area (Å²) in [6, 6.07) is 0.462. The maximum absolute atomic E-state index is 4.52. The van der Waals surface area contributed by atoms with Crippen molar-refractivity contribution in [2.45, 2.75) is 32.2 Å². The first-order chi connectivity index (χ1) is 10.3. The van der Waals surface area contributed by atoms with Gasteiger partial charge in [-0.15, -0.1) is 0 Å². The van der Waals surface area contributed by atoms with Crippen molar-refractivity contribution in [2.24, 2.45) is 0 Å². The van der Waals surface area contributed by atoms with Gasteiger partial charge >= 0.3 is 0 Å². The lowest BCUT2D eigenvalue weighted by molar-refractivity contribution is 0.219. The third-order valence-corrected chi connectivity index (χ3v) is 3.98. The monoisotopic (exact) mass is 289 g/mol. The van der Waals surface area contributed by atoms with Gasteiger partial charge in [0, 0.05) is 26.2 Å². The van der Waals surface area contributed by atoms with Gasteiger partial charge in [0.15, 0.2) is 11.5 Å². The normalized spacial score (nSPS) is 17.2. The van der Waals surface area contributed by atoms with Gasteiger partial charge in [-0.25, -0.2) is 4.98 Å². The number of aromatic nitrogens is 4. The molecule has 0 radical (unpaired) electrons. The smallest absolute Gasteiger partial charge is 0.226 e. The van der Waals surface area contributed by atoms with Crippen LogP contribution in [0.15, 0.2) is 6.33 Å². The Kier molecular flexibility index (Phi) is 4.19. The molecule has 0 amide bonds. The van der Waals surface area contributed by atoms with Gasteiger partial charge in [0.25, 0.3) is 0 Å². The Morgan fingerprint density at radius 2 is 2.14 bits per heavy atom. The van der Waals surface area contributed by atoms with E-state index in [4.69, 9.17) is 0 Å². The molecule has 1 fully saturated rings. The second-order valence-electron chi connectivity index (χ2n) is 5.51. The number of nitrogens with zero attached hydrogens (tertiary/aromatic N) is 4. The molecule has 21 heavy (non-hydrogen) atoms. The Balaban J connectivity index is 1.72. The van der Waals surface area contributed by atoms with Crippen molar-refractivity contribution in [1.82, 2.24) is 24.8 Å². The number of imidazole rings is 1. The van der Waals surface area contributed by atoms with Crippen molar-refractivity contribution in [2.75, 3.05) is 37.3 Å². The van der Waals surface area contributed by atoms with Crippen LogP contribution in [-0.2, 0) is 0 Å². The van der Waals surface area contributed by atoms with Gasteiger partial charge < -0.3 is 20.5 Å². The number of hydrogen-bond donors (Lipinski definition) is 3. The molecule has 7 heteroatoms. The van der Waals surface area contributed by atoms with Gasteiger partial charge in [0.1, 0.15) is 5.52 Å².